The topological polar surface area (TPSA) is 0 Å². The van der Waals surface area contributed by atoms with Crippen molar-refractivity contribution in [2.45, 2.75) is 50.1 Å². The molecule has 2 aliphatic rings. The smallest absolute Gasteiger partial charge is 0.0169 e. The molecule has 26 heavy (non-hydrogen) atoms. The first kappa shape index (κ1) is 18.7. The number of rotatable bonds is 3. The van der Waals surface area contributed by atoms with Crippen LogP contribution in [0.1, 0.15) is 53.0 Å². The van der Waals surface area contributed by atoms with Gasteiger partial charge in [0, 0.05) is 5.92 Å². The highest BCUT2D eigenvalue weighted by molar-refractivity contribution is 7.64. The monoisotopic (exact) mass is 382 g/mol. The predicted molar refractivity (Wildman–Crippen MR) is 121 cm³/mol. The second kappa shape index (κ2) is 7.73. The summed E-state index contributed by atoms with van der Waals surface area (Å²) in [4.78, 5) is 0. The van der Waals surface area contributed by atoms with Gasteiger partial charge in [0.05, 0.1) is 0 Å². The number of fused-ring (bicyclic) bond motifs is 2. The normalized spacial score (nSPS) is 22.4. The number of aryl methyl sites for hydroxylation is 2. The lowest BCUT2D eigenvalue weighted by Crippen LogP contribution is -2.30. The summed E-state index contributed by atoms with van der Waals surface area (Å²) >= 11 is 0. The fraction of sp³-hybridized carbons (Fsp3) is 0.500. The molecule has 0 fully saturated rings. The lowest BCUT2D eigenvalue weighted by molar-refractivity contribution is 0.611. The average molecular weight is 382 g/mol. The zero-order valence-corrected chi connectivity index (χ0v) is 18.5. The second-order valence-electron chi connectivity index (χ2n) is 8.48. The molecule has 2 heteroatoms. The van der Waals surface area contributed by atoms with Gasteiger partial charge in [-0.3, -0.25) is 0 Å². The van der Waals surface area contributed by atoms with E-state index in [2.05, 4.69) is 63.1 Å². The highest BCUT2D eigenvalue weighted by Crippen LogP contribution is 2.52. The Kier molecular flexibility index (Phi) is 5.55. The van der Waals surface area contributed by atoms with Crippen LogP contribution >= 0.6 is 15.8 Å². The molecule has 0 aliphatic heterocycles. The highest BCUT2D eigenvalue weighted by Gasteiger charge is 2.36. The zero-order chi connectivity index (χ0) is 18.3. The van der Waals surface area contributed by atoms with Gasteiger partial charge in [-0.1, -0.05) is 44.3 Å². The Morgan fingerprint density at radius 1 is 0.808 bits per heavy atom. The van der Waals surface area contributed by atoms with Crippen molar-refractivity contribution in [1.82, 2.24) is 0 Å². The molecule has 0 spiro atoms. The van der Waals surface area contributed by atoms with Gasteiger partial charge >= 0.3 is 0 Å². The van der Waals surface area contributed by atoms with Gasteiger partial charge in [-0.2, -0.15) is 0 Å². The highest BCUT2D eigenvalue weighted by atomic mass is 31.1. The van der Waals surface area contributed by atoms with E-state index in [1.54, 1.807) is 33.1 Å². The van der Waals surface area contributed by atoms with Gasteiger partial charge < -0.3 is 0 Å². The third kappa shape index (κ3) is 3.30. The van der Waals surface area contributed by atoms with Gasteiger partial charge in [-0.05, 0) is 104 Å². The SMILES string of the molecule is CP(C)c1ccc2c(c1[C@H]1c3ccccc3CC[C@H]1P(C)C)CCCC2. The van der Waals surface area contributed by atoms with Crippen molar-refractivity contribution in [3.63, 3.8) is 0 Å². The molecule has 2 aliphatic carbocycles. The third-order valence-corrected chi connectivity index (χ3v) is 9.73. The van der Waals surface area contributed by atoms with Crippen molar-refractivity contribution in [3.8, 4) is 0 Å². The maximum absolute atomic E-state index is 2.51. The van der Waals surface area contributed by atoms with Crippen LogP contribution in [-0.4, -0.2) is 32.3 Å². The van der Waals surface area contributed by atoms with Gasteiger partial charge in [0.15, 0.2) is 0 Å². The summed E-state index contributed by atoms with van der Waals surface area (Å²) in [6.45, 7) is 9.93. The zero-order valence-electron chi connectivity index (χ0n) is 16.8. The minimum Gasteiger partial charge on any atom is -0.109 e. The first-order valence-corrected chi connectivity index (χ1v) is 14.7. The number of benzene rings is 2. The molecular weight excluding hydrogens is 350 g/mol. The molecule has 0 heterocycles. The van der Waals surface area contributed by atoms with Crippen LogP contribution in [0.15, 0.2) is 36.4 Å². The first-order valence-electron chi connectivity index (χ1n) is 10.1. The summed E-state index contributed by atoms with van der Waals surface area (Å²) in [7, 11) is -0.0206. The summed E-state index contributed by atoms with van der Waals surface area (Å²) in [5.74, 6) is 0.633. The van der Waals surface area contributed by atoms with Gasteiger partial charge in [0.1, 0.15) is 0 Å². The van der Waals surface area contributed by atoms with Gasteiger partial charge in [0.2, 0.25) is 0 Å². The lowest BCUT2D eigenvalue weighted by Gasteiger charge is -2.40. The van der Waals surface area contributed by atoms with Crippen LogP contribution in [0.5, 0.6) is 0 Å². The van der Waals surface area contributed by atoms with E-state index in [9.17, 15) is 0 Å². The van der Waals surface area contributed by atoms with E-state index >= 15 is 0 Å². The first-order chi connectivity index (χ1) is 12.6. The molecule has 0 aromatic heterocycles. The summed E-state index contributed by atoms with van der Waals surface area (Å²) in [5, 5.41) is 1.68. The van der Waals surface area contributed by atoms with E-state index in [1.807, 2.05) is 0 Å². The summed E-state index contributed by atoms with van der Waals surface area (Å²) in [6.07, 6.45) is 7.99. The Balaban J connectivity index is 1.97. The van der Waals surface area contributed by atoms with E-state index in [-0.39, 0.29) is 15.8 Å². The number of hydrogen-bond acceptors (Lipinski definition) is 0. The van der Waals surface area contributed by atoms with Crippen molar-refractivity contribution >= 4 is 21.1 Å². The maximum Gasteiger partial charge on any atom is 0.0169 e. The lowest BCUT2D eigenvalue weighted by atomic mass is 9.74. The molecule has 0 radical (unpaired) electrons. The predicted octanol–water partition coefficient (Wildman–Crippen LogP) is 6.12. The number of hydrogen-bond donors (Lipinski definition) is 0. The molecule has 0 N–H and O–H groups in total. The Morgan fingerprint density at radius 2 is 1.58 bits per heavy atom. The summed E-state index contributed by atoms with van der Waals surface area (Å²) in [6, 6.07) is 14.3. The molecule has 0 saturated carbocycles. The second-order valence-corrected chi connectivity index (χ2v) is 13.3. The van der Waals surface area contributed by atoms with E-state index < -0.39 is 0 Å². The van der Waals surface area contributed by atoms with Crippen molar-refractivity contribution in [2.24, 2.45) is 0 Å². The van der Waals surface area contributed by atoms with Gasteiger partial charge in [0.25, 0.3) is 0 Å². The van der Waals surface area contributed by atoms with Crippen LogP contribution in [0, 0.1) is 0 Å². The van der Waals surface area contributed by atoms with Crippen LogP contribution in [0.3, 0.4) is 0 Å². The summed E-state index contributed by atoms with van der Waals surface area (Å²) in [5.41, 5.74) is 9.27. The van der Waals surface area contributed by atoms with Crippen molar-refractivity contribution in [1.29, 1.82) is 0 Å². The van der Waals surface area contributed by atoms with E-state index in [4.69, 9.17) is 0 Å². The van der Waals surface area contributed by atoms with Gasteiger partial charge in [-0.15, -0.1) is 7.92 Å². The summed E-state index contributed by atoms with van der Waals surface area (Å²) < 4.78 is 0. The van der Waals surface area contributed by atoms with Crippen molar-refractivity contribution in [3.05, 3.63) is 64.2 Å². The quantitative estimate of drug-likeness (QED) is 0.561. The van der Waals surface area contributed by atoms with E-state index in [1.165, 1.54) is 38.5 Å². The average Bonchev–Trinajstić information content (AvgIpc) is 2.66. The third-order valence-electron chi connectivity index (χ3n) is 6.49. The fourth-order valence-electron chi connectivity index (χ4n) is 5.23. The standard InChI is InChI=1S/C24H32P2/c1-25(2)21-15-13-17-9-5-7-11-19(17)23(21)24-20-12-8-6-10-18(20)14-16-22(24)26(3)4/h5,7,9,11,14,16,21,23H,6,8,10,12-13,15H2,1-4H3/t21-,23+/m1/s1. The largest absolute Gasteiger partial charge is 0.109 e. The Hall–Kier alpha value is -0.700. The molecule has 138 valence electrons. The van der Waals surface area contributed by atoms with Crippen molar-refractivity contribution < 1.29 is 0 Å². The molecule has 4 rings (SSSR count). The molecule has 0 saturated heterocycles. The molecule has 0 amide bonds. The van der Waals surface area contributed by atoms with Crippen LogP contribution in [0.2, 0.25) is 0 Å². The van der Waals surface area contributed by atoms with Crippen LogP contribution in [0.4, 0.5) is 0 Å². The molecule has 2 aromatic carbocycles. The molecule has 2 aromatic rings. The molecular formula is C24H32P2. The van der Waals surface area contributed by atoms with E-state index in [0.29, 0.717) is 5.92 Å². The minimum absolute atomic E-state index is 0.0562. The minimum atomic E-state index is -0.0768. The van der Waals surface area contributed by atoms with Gasteiger partial charge in [-0.25, -0.2) is 0 Å². The molecule has 2 atom stereocenters. The fourth-order valence-corrected chi connectivity index (χ4v) is 7.91. The Labute approximate surface area is 162 Å². The van der Waals surface area contributed by atoms with E-state index in [0.717, 1.165) is 5.66 Å². The molecule has 0 nitrogen and oxygen atoms in total. The maximum atomic E-state index is 2.51. The van der Waals surface area contributed by atoms with Crippen LogP contribution in [-0.2, 0) is 19.3 Å². The molecule has 0 unspecified atom stereocenters. The van der Waals surface area contributed by atoms with Crippen molar-refractivity contribution in [2.75, 3.05) is 26.7 Å². The Bertz CT molecular complexity index is 791. The van der Waals surface area contributed by atoms with Crippen LogP contribution < -0.4 is 5.30 Å². The van der Waals surface area contributed by atoms with Crippen LogP contribution in [0.25, 0.3) is 0 Å². The Morgan fingerprint density at radius 3 is 2.35 bits per heavy atom. The molecule has 0 bridgehead atoms.